The molecule has 0 aromatic heterocycles. The molecule has 1 aliphatic heterocycles. The number of hydrogen-bond acceptors (Lipinski definition) is 3. The van der Waals surface area contributed by atoms with Crippen molar-refractivity contribution >= 4 is 5.97 Å². The molecule has 0 amide bonds. The Bertz CT molecular complexity index is 394. The van der Waals surface area contributed by atoms with E-state index in [-0.39, 0.29) is 23.6 Å². The third kappa shape index (κ3) is 2.07. The Hall–Kier alpha value is -1.42. The minimum absolute atomic E-state index is 0.00292. The third-order valence-corrected chi connectivity index (χ3v) is 2.99. The van der Waals surface area contributed by atoms with Gasteiger partial charge in [0.05, 0.1) is 13.0 Å². The molecular formula is C12H14FNO2. The average Bonchev–Trinajstić information content (AvgIpc) is 2.77. The SMILES string of the molecule is COC(=O)[C@H]1CNC[C@@H]1c1cccc(F)c1. The van der Waals surface area contributed by atoms with E-state index >= 15 is 0 Å². The van der Waals surface area contributed by atoms with Crippen LogP contribution in [0.3, 0.4) is 0 Å². The van der Waals surface area contributed by atoms with Crippen molar-refractivity contribution in [3.8, 4) is 0 Å². The van der Waals surface area contributed by atoms with Gasteiger partial charge in [-0.2, -0.15) is 0 Å². The molecular weight excluding hydrogens is 209 g/mol. The maximum Gasteiger partial charge on any atom is 0.310 e. The fourth-order valence-electron chi connectivity index (χ4n) is 2.17. The van der Waals surface area contributed by atoms with Crippen molar-refractivity contribution in [3.63, 3.8) is 0 Å². The molecule has 1 aliphatic rings. The van der Waals surface area contributed by atoms with Gasteiger partial charge in [-0.15, -0.1) is 0 Å². The van der Waals surface area contributed by atoms with Crippen LogP contribution in [0.5, 0.6) is 0 Å². The molecule has 1 aromatic rings. The normalized spacial score (nSPS) is 24.4. The Morgan fingerprint density at radius 1 is 1.50 bits per heavy atom. The number of methoxy groups -OCH3 is 1. The smallest absolute Gasteiger partial charge is 0.310 e. The second kappa shape index (κ2) is 4.61. The number of halogens is 1. The summed E-state index contributed by atoms with van der Waals surface area (Å²) in [5.41, 5.74) is 0.848. The third-order valence-electron chi connectivity index (χ3n) is 2.99. The number of carbonyl (C=O) groups is 1. The Morgan fingerprint density at radius 2 is 2.31 bits per heavy atom. The van der Waals surface area contributed by atoms with Crippen LogP contribution in [-0.2, 0) is 9.53 Å². The first-order chi connectivity index (χ1) is 7.72. The fourth-order valence-corrected chi connectivity index (χ4v) is 2.17. The van der Waals surface area contributed by atoms with Crippen molar-refractivity contribution < 1.29 is 13.9 Å². The molecule has 0 saturated carbocycles. The van der Waals surface area contributed by atoms with Crippen LogP contribution in [0.15, 0.2) is 24.3 Å². The number of hydrogen-bond donors (Lipinski definition) is 1. The van der Waals surface area contributed by atoms with Crippen molar-refractivity contribution in [1.29, 1.82) is 0 Å². The molecule has 1 fully saturated rings. The molecule has 0 radical (unpaired) electrons. The predicted octanol–water partition coefficient (Wildman–Crippen LogP) is 1.30. The van der Waals surface area contributed by atoms with E-state index in [9.17, 15) is 9.18 Å². The average molecular weight is 223 g/mol. The van der Waals surface area contributed by atoms with E-state index in [0.29, 0.717) is 13.1 Å². The molecule has 3 nitrogen and oxygen atoms in total. The Kier molecular flexibility index (Phi) is 3.19. The molecule has 1 N–H and O–H groups in total. The second-order valence-electron chi connectivity index (χ2n) is 3.95. The van der Waals surface area contributed by atoms with Crippen molar-refractivity contribution in [1.82, 2.24) is 5.32 Å². The lowest BCUT2D eigenvalue weighted by Crippen LogP contribution is -2.22. The summed E-state index contributed by atoms with van der Waals surface area (Å²) in [6.07, 6.45) is 0. The van der Waals surface area contributed by atoms with E-state index in [1.54, 1.807) is 6.07 Å². The van der Waals surface area contributed by atoms with Crippen LogP contribution in [0.1, 0.15) is 11.5 Å². The number of rotatable bonds is 2. The first-order valence-corrected chi connectivity index (χ1v) is 5.26. The molecule has 1 saturated heterocycles. The van der Waals surface area contributed by atoms with E-state index in [0.717, 1.165) is 5.56 Å². The Labute approximate surface area is 93.6 Å². The molecule has 0 unspecified atom stereocenters. The lowest BCUT2D eigenvalue weighted by molar-refractivity contribution is -0.145. The van der Waals surface area contributed by atoms with Gasteiger partial charge in [-0.1, -0.05) is 12.1 Å². The van der Waals surface area contributed by atoms with Gasteiger partial charge >= 0.3 is 5.97 Å². The monoisotopic (exact) mass is 223 g/mol. The molecule has 0 bridgehead atoms. The highest BCUT2D eigenvalue weighted by molar-refractivity contribution is 5.74. The van der Waals surface area contributed by atoms with Gasteiger partial charge in [-0.25, -0.2) is 4.39 Å². The highest BCUT2D eigenvalue weighted by atomic mass is 19.1. The lowest BCUT2D eigenvalue weighted by Gasteiger charge is -2.16. The van der Waals surface area contributed by atoms with Gasteiger partial charge in [0.1, 0.15) is 5.82 Å². The maximum atomic E-state index is 13.1. The van der Waals surface area contributed by atoms with Crippen molar-refractivity contribution in [2.24, 2.45) is 5.92 Å². The van der Waals surface area contributed by atoms with Gasteiger partial charge in [0.15, 0.2) is 0 Å². The molecule has 86 valence electrons. The number of esters is 1. The highest BCUT2D eigenvalue weighted by Gasteiger charge is 2.34. The zero-order valence-corrected chi connectivity index (χ0v) is 9.07. The summed E-state index contributed by atoms with van der Waals surface area (Å²) in [7, 11) is 1.38. The number of benzene rings is 1. The molecule has 16 heavy (non-hydrogen) atoms. The summed E-state index contributed by atoms with van der Waals surface area (Å²) in [5, 5.41) is 3.13. The van der Waals surface area contributed by atoms with E-state index < -0.39 is 0 Å². The first-order valence-electron chi connectivity index (χ1n) is 5.26. The molecule has 1 aromatic carbocycles. The molecule has 0 spiro atoms. The zero-order chi connectivity index (χ0) is 11.5. The number of ether oxygens (including phenoxy) is 1. The number of nitrogens with one attached hydrogen (secondary N) is 1. The van der Waals surface area contributed by atoms with Crippen LogP contribution in [0.25, 0.3) is 0 Å². The summed E-state index contributed by atoms with van der Waals surface area (Å²) < 4.78 is 17.8. The van der Waals surface area contributed by atoms with Crippen LogP contribution in [0.4, 0.5) is 4.39 Å². The largest absolute Gasteiger partial charge is 0.469 e. The quantitative estimate of drug-likeness (QED) is 0.768. The Balaban J connectivity index is 2.23. The lowest BCUT2D eigenvalue weighted by atomic mass is 9.89. The van der Waals surface area contributed by atoms with Gasteiger partial charge in [-0.3, -0.25) is 4.79 Å². The summed E-state index contributed by atoms with van der Waals surface area (Å²) in [4.78, 5) is 11.5. The standard InChI is InChI=1S/C12H14FNO2/c1-16-12(15)11-7-14-6-10(11)8-3-2-4-9(13)5-8/h2-5,10-11,14H,6-7H2,1H3/t10-,11+/m1/s1. The Morgan fingerprint density at radius 3 is 3.00 bits per heavy atom. The topological polar surface area (TPSA) is 38.3 Å². The van der Waals surface area contributed by atoms with Crippen LogP contribution >= 0.6 is 0 Å². The number of carbonyl (C=O) groups excluding carboxylic acids is 1. The summed E-state index contributed by atoms with van der Waals surface area (Å²) in [6.45, 7) is 1.27. The van der Waals surface area contributed by atoms with Gasteiger partial charge in [0, 0.05) is 19.0 Å². The molecule has 4 heteroatoms. The van der Waals surface area contributed by atoms with Crippen LogP contribution in [-0.4, -0.2) is 26.2 Å². The van der Waals surface area contributed by atoms with E-state index in [1.165, 1.54) is 19.2 Å². The van der Waals surface area contributed by atoms with Gasteiger partial charge in [0.25, 0.3) is 0 Å². The fraction of sp³-hybridized carbons (Fsp3) is 0.417. The van der Waals surface area contributed by atoms with Crippen molar-refractivity contribution in [3.05, 3.63) is 35.6 Å². The van der Waals surface area contributed by atoms with Crippen molar-refractivity contribution in [2.75, 3.05) is 20.2 Å². The first kappa shape index (κ1) is 11.1. The van der Waals surface area contributed by atoms with Crippen molar-refractivity contribution in [2.45, 2.75) is 5.92 Å². The molecule has 0 aliphatic carbocycles. The van der Waals surface area contributed by atoms with E-state index in [1.807, 2.05) is 6.07 Å². The second-order valence-corrected chi connectivity index (χ2v) is 3.95. The minimum atomic E-state index is -0.270. The minimum Gasteiger partial charge on any atom is -0.469 e. The zero-order valence-electron chi connectivity index (χ0n) is 9.07. The van der Waals surface area contributed by atoms with Gasteiger partial charge < -0.3 is 10.1 Å². The molecule has 2 atom stereocenters. The van der Waals surface area contributed by atoms with Crippen LogP contribution in [0.2, 0.25) is 0 Å². The van der Waals surface area contributed by atoms with E-state index in [2.05, 4.69) is 5.32 Å². The van der Waals surface area contributed by atoms with Crippen LogP contribution < -0.4 is 5.32 Å². The molecule has 2 rings (SSSR count). The summed E-state index contributed by atoms with van der Waals surface area (Å²) in [5.74, 6) is -0.720. The summed E-state index contributed by atoms with van der Waals surface area (Å²) >= 11 is 0. The maximum absolute atomic E-state index is 13.1. The van der Waals surface area contributed by atoms with E-state index in [4.69, 9.17) is 4.74 Å². The van der Waals surface area contributed by atoms with Gasteiger partial charge in [0.2, 0.25) is 0 Å². The van der Waals surface area contributed by atoms with Gasteiger partial charge in [-0.05, 0) is 17.7 Å². The van der Waals surface area contributed by atoms with Crippen LogP contribution in [0, 0.1) is 11.7 Å². The highest BCUT2D eigenvalue weighted by Crippen LogP contribution is 2.29. The molecule has 1 heterocycles. The predicted molar refractivity (Wildman–Crippen MR) is 57.5 cm³/mol. The summed E-state index contributed by atoms with van der Waals surface area (Å²) in [6, 6.07) is 6.39.